The van der Waals surface area contributed by atoms with Gasteiger partial charge in [-0.25, -0.2) is 9.69 Å². The first kappa shape index (κ1) is 53.2. The highest BCUT2D eigenvalue weighted by atomic mass is 35.5. The molecule has 0 radical (unpaired) electrons. The van der Waals surface area contributed by atoms with Crippen LogP contribution in [0.3, 0.4) is 0 Å². The molecule has 18 heteroatoms. The Hall–Kier alpha value is -5.73. The number of aliphatic hydroxyl groups is 1. The van der Waals surface area contributed by atoms with Gasteiger partial charge >= 0.3 is 0 Å². The number of aliphatic hydroxyl groups excluding tert-OH is 1. The van der Waals surface area contributed by atoms with Crippen LogP contribution >= 0.6 is 23.2 Å². The number of nitrogens with one attached hydrogen (secondary N) is 2. The normalized spacial score (nSPS) is 13.8. The molecule has 68 heavy (non-hydrogen) atoms. The van der Waals surface area contributed by atoms with E-state index >= 15 is 0 Å². The van der Waals surface area contributed by atoms with Gasteiger partial charge in [0, 0.05) is 22.5 Å². The summed E-state index contributed by atoms with van der Waals surface area (Å²) in [6, 6.07) is 20.0. The number of phenols is 1. The molecular formula is C50H62Cl2N8O6Si2. The fourth-order valence-corrected chi connectivity index (χ4v) is 9.18. The van der Waals surface area contributed by atoms with E-state index in [1.54, 1.807) is 44.2 Å². The lowest BCUT2D eigenvalue weighted by molar-refractivity contribution is 0.159. The lowest BCUT2D eigenvalue weighted by Gasteiger charge is -2.40. The van der Waals surface area contributed by atoms with E-state index in [0.29, 0.717) is 50.0 Å². The molecule has 0 unspecified atom stereocenters. The summed E-state index contributed by atoms with van der Waals surface area (Å²) in [5.74, 6) is 2.29. The van der Waals surface area contributed by atoms with E-state index in [1.165, 1.54) is 12.1 Å². The van der Waals surface area contributed by atoms with Crippen molar-refractivity contribution in [2.24, 2.45) is 0 Å². The fraction of sp³-hybridized carbons (Fsp3) is 0.400. The number of benzene rings is 4. The van der Waals surface area contributed by atoms with Gasteiger partial charge in [-0.3, -0.25) is 0 Å². The van der Waals surface area contributed by atoms with Crippen molar-refractivity contribution < 1.29 is 27.9 Å². The minimum absolute atomic E-state index is 0.0244. The average Bonchev–Trinajstić information content (AvgIpc) is 3.96. The standard InChI is InChI=1S/C31H45ClN4O3Si2.C19H17ClN4O3/c1-20-24(18-19-25(33-9)26(20)32)34-27(21(2)38-40(10,11)30(3,4)5)29-36-35-28(37-29)22-14-16-23(17-15-22)39-41(12,13)31(6,7)8;1-10-14(8-9-15(21-3)16(10)20)22-17(11(2)25)19-24-23-18(27-19)12-4-6-13(26)7-5-12/h14-19,21,27,34H,1-8,10-13H3;4-9,11,17,22,25-26H,1-2H3/t21-,27+;11-,17+/m00/s1. The zero-order valence-corrected chi connectivity index (χ0v) is 44.7. The van der Waals surface area contributed by atoms with Crippen LogP contribution in [0.15, 0.2) is 81.6 Å². The SMILES string of the molecule is [C-]#[N+]c1ccc(N[C@@H](c2nnc(-c3ccc(O)cc3)o2)[C@H](C)O)c(C)c1Cl.[C-]#[N+]c1ccc(N[C@@H](c2nnc(-c3ccc(O[Si](C)(C)C(C)(C)C)cc3)o2)[C@H](C)O[Si](C)(C)C(C)(C)C)c(C)c1Cl. The lowest BCUT2D eigenvalue weighted by atomic mass is 10.1. The van der Waals surface area contributed by atoms with Gasteiger partial charge < -0.3 is 38.5 Å². The first-order valence-corrected chi connectivity index (χ1v) is 28.7. The molecular weight excluding hydrogens is 936 g/mol. The maximum absolute atomic E-state index is 10.2. The molecule has 14 nitrogen and oxygen atoms in total. The lowest BCUT2D eigenvalue weighted by Crippen LogP contribution is -2.45. The van der Waals surface area contributed by atoms with Gasteiger partial charge in [-0.2, -0.15) is 0 Å². The van der Waals surface area contributed by atoms with E-state index in [-0.39, 0.29) is 33.7 Å². The summed E-state index contributed by atoms with van der Waals surface area (Å²) in [6.07, 6.45) is -1.12. The molecule has 0 amide bonds. The van der Waals surface area contributed by atoms with Gasteiger partial charge in [0.25, 0.3) is 0 Å². The molecule has 4 atom stereocenters. The number of hydrogen-bond donors (Lipinski definition) is 4. The van der Waals surface area contributed by atoms with Gasteiger partial charge in [-0.1, -0.05) is 76.9 Å². The number of halogens is 2. The van der Waals surface area contributed by atoms with Crippen molar-refractivity contribution in [2.45, 2.75) is 130 Å². The van der Waals surface area contributed by atoms with Crippen molar-refractivity contribution in [1.82, 2.24) is 20.4 Å². The maximum Gasteiger partial charge on any atom is 0.250 e. The third-order valence-corrected chi connectivity index (χ3v) is 22.5. The van der Waals surface area contributed by atoms with Crippen LogP contribution in [0.5, 0.6) is 11.5 Å². The topological polar surface area (TPSA) is 170 Å². The summed E-state index contributed by atoms with van der Waals surface area (Å²) in [6.45, 7) is 44.0. The predicted octanol–water partition coefficient (Wildman–Crippen LogP) is 14.7. The molecule has 4 aromatic carbocycles. The van der Waals surface area contributed by atoms with Gasteiger partial charge in [0.1, 0.15) is 23.6 Å². The van der Waals surface area contributed by atoms with Gasteiger partial charge in [-0.15, -0.1) is 20.4 Å². The Balaban J connectivity index is 0.000000276. The van der Waals surface area contributed by atoms with E-state index in [4.69, 9.17) is 54.0 Å². The van der Waals surface area contributed by atoms with Crippen LogP contribution < -0.4 is 15.1 Å². The minimum atomic E-state index is -2.12. The number of rotatable bonds is 14. The number of aromatic hydroxyl groups is 1. The smallest absolute Gasteiger partial charge is 0.250 e. The molecule has 0 bridgehead atoms. The molecule has 0 saturated carbocycles. The Morgan fingerprint density at radius 2 is 1.04 bits per heavy atom. The van der Waals surface area contributed by atoms with Crippen molar-refractivity contribution in [2.75, 3.05) is 10.6 Å². The van der Waals surface area contributed by atoms with Crippen molar-refractivity contribution in [1.29, 1.82) is 0 Å². The Morgan fingerprint density at radius 1 is 0.632 bits per heavy atom. The third-order valence-electron chi connectivity index (χ3n) is 12.6. The highest BCUT2D eigenvalue weighted by Gasteiger charge is 2.41. The second-order valence-corrected chi connectivity index (χ2v) is 30.0. The number of phenolic OH excluding ortho intramolecular Hbond substituents is 1. The van der Waals surface area contributed by atoms with Crippen LogP contribution in [-0.4, -0.2) is 59.5 Å². The Morgan fingerprint density at radius 3 is 1.46 bits per heavy atom. The molecule has 360 valence electrons. The van der Waals surface area contributed by atoms with E-state index in [9.17, 15) is 10.2 Å². The van der Waals surface area contributed by atoms with Crippen LogP contribution in [0, 0.1) is 27.0 Å². The Kier molecular flexibility index (Phi) is 16.7. The van der Waals surface area contributed by atoms with E-state index in [2.05, 4.69) is 108 Å². The summed E-state index contributed by atoms with van der Waals surface area (Å²) in [5, 5.41) is 44.1. The zero-order valence-electron chi connectivity index (χ0n) is 41.2. The molecule has 0 aliphatic carbocycles. The monoisotopic (exact) mass is 996 g/mol. The van der Waals surface area contributed by atoms with Crippen LogP contribution in [0.1, 0.15) is 90.4 Å². The molecule has 0 aliphatic rings. The molecule has 0 spiro atoms. The van der Waals surface area contributed by atoms with E-state index in [1.807, 2.05) is 44.2 Å². The molecule has 2 heterocycles. The third kappa shape index (κ3) is 12.5. The molecule has 0 fully saturated rings. The molecule has 6 aromatic rings. The maximum atomic E-state index is 10.2. The van der Waals surface area contributed by atoms with Crippen LogP contribution in [0.2, 0.25) is 46.3 Å². The van der Waals surface area contributed by atoms with Crippen molar-refractivity contribution in [3.63, 3.8) is 0 Å². The summed E-state index contributed by atoms with van der Waals surface area (Å²) in [7, 11) is -4.07. The van der Waals surface area contributed by atoms with Crippen molar-refractivity contribution in [3.8, 4) is 34.4 Å². The number of nitrogens with zero attached hydrogens (tertiary/aromatic N) is 6. The van der Waals surface area contributed by atoms with Gasteiger partial charge in [0.05, 0.1) is 35.4 Å². The van der Waals surface area contributed by atoms with Crippen molar-refractivity contribution in [3.05, 3.63) is 129 Å². The predicted molar refractivity (Wildman–Crippen MR) is 276 cm³/mol. The molecule has 0 aliphatic heterocycles. The molecule has 0 saturated heterocycles. The number of anilines is 2. The highest BCUT2D eigenvalue weighted by molar-refractivity contribution is 6.75. The van der Waals surface area contributed by atoms with Crippen LogP contribution in [0.25, 0.3) is 32.6 Å². The number of aromatic nitrogens is 4. The molecule has 2 aromatic heterocycles. The number of hydrogen-bond acceptors (Lipinski definition) is 12. The quantitative estimate of drug-likeness (QED) is 0.0603. The molecule has 4 N–H and O–H groups in total. The van der Waals surface area contributed by atoms with E-state index in [0.717, 1.165) is 22.6 Å². The Labute approximate surface area is 412 Å². The highest BCUT2D eigenvalue weighted by Crippen LogP contribution is 2.42. The van der Waals surface area contributed by atoms with Gasteiger partial charge in [0.2, 0.25) is 43.3 Å². The van der Waals surface area contributed by atoms with Crippen molar-refractivity contribution >= 4 is 62.6 Å². The first-order chi connectivity index (χ1) is 31.7. The summed E-state index contributed by atoms with van der Waals surface area (Å²) >= 11 is 12.7. The van der Waals surface area contributed by atoms with Gasteiger partial charge in [-0.05, 0) is 136 Å². The first-order valence-electron chi connectivity index (χ1n) is 22.2. The summed E-state index contributed by atoms with van der Waals surface area (Å²) in [4.78, 5) is 6.89. The largest absolute Gasteiger partial charge is 0.544 e. The second-order valence-electron chi connectivity index (χ2n) is 19.8. The minimum Gasteiger partial charge on any atom is -0.544 e. The summed E-state index contributed by atoms with van der Waals surface area (Å²) in [5.41, 5.74) is 5.14. The average molecular weight is 998 g/mol. The fourth-order valence-electron chi connectivity index (χ4n) is 6.31. The van der Waals surface area contributed by atoms with E-state index < -0.39 is 34.8 Å². The second kappa shape index (κ2) is 21.3. The van der Waals surface area contributed by atoms with Gasteiger partial charge in [0.15, 0.2) is 8.32 Å². The van der Waals surface area contributed by atoms with Crippen LogP contribution in [0.4, 0.5) is 22.7 Å². The Bertz CT molecular complexity index is 2770. The molecule has 6 rings (SSSR count). The van der Waals surface area contributed by atoms with Crippen LogP contribution in [-0.2, 0) is 4.43 Å². The zero-order chi connectivity index (χ0) is 50.5. The summed E-state index contributed by atoms with van der Waals surface area (Å²) < 4.78 is 25.2.